The van der Waals surface area contributed by atoms with Crippen molar-refractivity contribution in [3.8, 4) is 11.5 Å². The predicted octanol–water partition coefficient (Wildman–Crippen LogP) is 6.40. The van der Waals surface area contributed by atoms with Crippen molar-refractivity contribution in [1.29, 1.82) is 0 Å². The highest BCUT2D eigenvalue weighted by Crippen LogP contribution is 2.43. The smallest absolute Gasteiger partial charge is 0.157 e. The third-order valence-corrected chi connectivity index (χ3v) is 6.84. The molecule has 1 unspecified atom stereocenters. The number of rotatable bonds is 8. The highest BCUT2D eigenvalue weighted by Gasteiger charge is 2.27. The molecule has 1 aliphatic heterocycles. The molecule has 1 saturated heterocycles. The van der Waals surface area contributed by atoms with E-state index in [1.807, 2.05) is 0 Å². The summed E-state index contributed by atoms with van der Waals surface area (Å²) in [5.74, 6) is 1.73. The van der Waals surface area contributed by atoms with Crippen LogP contribution in [0, 0.1) is 13.8 Å². The molecule has 1 heterocycles. The van der Waals surface area contributed by atoms with Gasteiger partial charge in [-0.05, 0) is 60.1 Å². The number of hydrogen-bond donors (Lipinski definition) is 0. The quantitative estimate of drug-likeness (QED) is 0.339. The number of benzene rings is 2. The van der Waals surface area contributed by atoms with Crippen LogP contribution in [0.15, 0.2) is 34.1 Å². The summed E-state index contributed by atoms with van der Waals surface area (Å²) in [5.41, 5.74) is 4.48. The molecule has 0 bridgehead atoms. The number of epoxide rings is 1. The molecule has 174 valence electrons. The van der Waals surface area contributed by atoms with Gasteiger partial charge in [0.05, 0.1) is 6.61 Å². The summed E-state index contributed by atoms with van der Waals surface area (Å²) in [4.78, 5) is 13.3. The largest absolute Gasteiger partial charge is 0.490 e. The topological polar surface area (TPSA) is 48.1 Å². The first kappa shape index (κ1) is 24.7. The van der Waals surface area contributed by atoms with Crippen molar-refractivity contribution in [3.05, 3.63) is 46.5 Å². The summed E-state index contributed by atoms with van der Waals surface area (Å²) < 4.78 is 17.2. The maximum atomic E-state index is 10.9. The molecule has 32 heavy (non-hydrogen) atoms. The second-order valence-electron chi connectivity index (χ2n) is 10.6. The fraction of sp³-hybridized carbons (Fsp3) is 0.519. The van der Waals surface area contributed by atoms with Crippen molar-refractivity contribution >= 4 is 18.0 Å². The zero-order chi connectivity index (χ0) is 23.7. The summed E-state index contributed by atoms with van der Waals surface area (Å²) in [7, 11) is 0. The van der Waals surface area contributed by atoms with E-state index in [-0.39, 0.29) is 23.5 Å². The molecule has 0 amide bonds. The highest BCUT2D eigenvalue weighted by molar-refractivity contribution is 7.99. The lowest BCUT2D eigenvalue weighted by molar-refractivity contribution is -0.109. The van der Waals surface area contributed by atoms with Gasteiger partial charge in [-0.3, -0.25) is 4.79 Å². The Bertz CT molecular complexity index is 979. The monoisotopic (exact) mass is 456 g/mol. The zero-order valence-electron chi connectivity index (χ0n) is 20.6. The number of hydrogen-bond acceptors (Lipinski definition) is 5. The Morgan fingerprint density at radius 2 is 1.38 bits per heavy atom. The van der Waals surface area contributed by atoms with Crippen LogP contribution >= 0.6 is 11.8 Å². The maximum Gasteiger partial charge on any atom is 0.157 e. The summed E-state index contributed by atoms with van der Waals surface area (Å²) in [5, 5.41) is 0. The van der Waals surface area contributed by atoms with Crippen molar-refractivity contribution in [3.63, 3.8) is 0 Å². The van der Waals surface area contributed by atoms with Crippen LogP contribution in [-0.4, -0.2) is 32.2 Å². The second kappa shape index (κ2) is 9.48. The van der Waals surface area contributed by atoms with E-state index >= 15 is 0 Å². The molecule has 0 N–H and O–H groups in total. The molecular formula is C27H36O4S. The molecule has 0 saturated carbocycles. The molecule has 0 spiro atoms. The fourth-order valence-electron chi connectivity index (χ4n) is 3.54. The molecular weight excluding hydrogens is 420 g/mol. The van der Waals surface area contributed by atoms with Gasteiger partial charge in [-0.2, -0.15) is 0 Å². The lowest BCUT2D eigenvalue weighted by Crippen LogP contribution is -2.16. The minimum Gasteiger partial charge on any atom is -0.490 e. The van der Waals surface area contributed by atoms with E-state index in [2.05, 4.69) is 79.7 Å². The third kappa shape index (κ3) is 6.08. The van der Waals surface area contributed by atoms with Crippen LogP contribution in [0.3, 0.4) is 0 Å². The Morgan fingerprint density at radius 3 is 1.78 bits per heavy atom. The van der Waals surface area contributed by atoms with Gasteiger partial charge in [0, 0.05) is 20.9 Å². The first-order chi connectivity index (χ1) is 14.9. The van der Waals surface area contributed by atoms with Crippen LogP contribution in [0.1, 0.15) is 63.8 Å². The molecule has 1 atom stereocenters. The van der Waals surface area contributed by atoms with Gasteiger partial charge in [0.15, 0.2) is 6.29 Å². The Kier molecular flexibility index (Phi) is 7.31. The molecule has 1 aliphatic rings. The standard InChI is InChI=1S/C27H36O4S/c1-17-11-22(29-10-9-28)20(26(3,4)5)13-24(17)32-25-14-21(27(6,7)8)23(12-18(25)2)31-16-19-15-30-19/h9,11-14,19H,10,15-16H2,1-8H3. The maximum absolute atomic E-state index is 10.9. The van der Waals surface area contributed by atoms with Crippen molar-refractivity contribution in [2.45, 2.75) is 82.1 Å². The van der Waals surface area contributed by atoms with Gasteiger partial charge in [-0.1, -0.05) is 53.3 Å². The SMILES string of the molecule is Cc1cc(OCC=O)c(C(C)(C)C)cc1Sc1cc(C(C)(C)C)c(OCC2CO2)cc1C. The molecule has 4 nitrogen and oxygen atoms in total. The molecule has 1 fully saturated rings. The normalized spacial score (nSPS) is 16.1. The van der Waals surface area contributed by atoms with Crippen LogP contribution in [0.2, 0.25) is 0 Å². The minimum absolute atomic E-state index is 0.0408. The first-order valence-corrected chi connectivity index (χ1v) is 12.0. The van der Waals surface area contributed by atoms with Crippen LogP contribution < -0.4 is 9.47 Å². The predicted molar refractivity (Wildman–Crippen MR) is 131 cm³/mol. The van der Waals surface area contributed by atoms with Crippen molar-refractivity contribution in [2.24, 2.45) is 0 Å². The number of aldehydes is 1. The van der Waals surface area contributed by atoms with Crippen molar-refractivity contribution in [1.82, 2.24) is 0 Å². The van der Waals surface area contributed by atoms with E-state index in [0.29, 0.717) is 6.61 Å². The van der Waals surface area contributed by atoms with E-state index in [4.69, 9.17) is 14.2 Å². The fourth-order valence-corrected chi connectivity index (χ4v) is 4.57. The highest BCUT2D eigenvalue weighted by atomic mass is 32.2. The molecule has 3 rings (SSSR count). The van der Waals surface area contributed by atoms with Crippen molar-refractivity contribution < 1.29 is 19.0 Å². The number of carbonyl (C=O) groups excluding carboxylic acids is 1. The number of carbonyl (C=O) groups is 1. The third-order valence-electron chi connectivity index (χ3n) is 5.52. The summed E-state index contributed by atoms with van der Waals surface area (Å²) >= 11 is 1.77. The molecule has 0 radical (unpaired) electrons. The van der Waals surface area contributed by atoms with Crippen LogP contribution in [-0.2, 0) is 20.4 Å². The lowest BCUT2D eigenvalue weighted by Gasteiger charge is -2.26. The van der Waals surface area contributed by atoms with E-state index in [1.165, 1.54) is 20.9 Å². The Balaban J connectivity index is 1.99. The van der Waals surface area contributed by atoms with E-state index in [1.54, 1.807) is 11.8 Å². The van der Waals surface area contributed by atoms with Crippen LogP contribution in [0.4, 0.5) is 0 Å². The van der Waals surface area contributed by atoms with Crippen LogP contribution in [0.25, 0.3) is 0 Å². The van der Waals surface area contributed by atoms with Crippen LogP contribution in [0.5, 0.6) is 11.5 Å². The van der Waals surface area contributed by atoms with E-state index < -0.39 is 0 Å². The molecule has 2 aromatic carbocycles. The van der Waals surface area contributed by atoms with Gasteiger partial charge in [-0.15, -0.1) is 0 Å². The Labute approximate surface area is 197 Å². The lowest BCUT2D eigenvalue weighted by atomic mass is 9.85. The zero-order valence-corrected chi connectivity index (χ0v) is 21.4. The Morgan fingerprint density at radius 1 is 0.906 bits per heavy atom. The van der Waals surface area contributed by atoms with E-state index in [9.17, 15) is 4.79 Å². The van der Waals surface area contributed by atoms with Gasteiger partial charge < -0.3 is 14.2 Å². The van der Waals surface area contributed by atoms with Gasteiger partial charge in [0.1, 0.15) is 30.8 Å². The van der Waals surface area contributed by atoms with Crippen molar-refractivity contribution in [2.75, 3.05) is 19.8 Å². The molecule has 2 aromatic rings. The van der Waals surface area contributed by atoms with Gasteiger partial charge in [0.25, 0.3) is 0 Å². The average molecular weight is 457 g/mol. The van der Waals surface area contributed by atoms with Gasteiger partial charge in [0.2, 0.25) is 0 Å². The summed E-state index contributed by atoms with van der Waals surface area (Å²) in [6, 6.07) is 8.70. The summed E-state index contributed by atoms with van der Waals surface area (Å²) in [6.45, 7) is 18.8. The number of ether oxygens (including phenoxy) is 3. The first-order valence-electron chi connectivity index (χ1n) is 11.2. The van der Waals surface area contributed by atoms with E-state index in [0.717, 1.165) is 35.5 Å². The number of aryl methyl sites for hydroxylation is 2. The van der Waals surface area contributed by atoms with Gasteiger partial charge >= 0.3 is 0 Å². The molecule has 0 aromatic heterocycles. The van der Waals surface area contributed by atoms with Gasteiger partial charge in [-0.25, -0.2) is 0 Å². The molecule has 5 heteroatoms. The second-order valence-corrected chi connectivity index (χ2v) is 11.7. The summed E-state index contributed by atoms with van der Waals surface area (Å²) in [6.07, 6.45) is 1.02. The molecule has 0 aliphatic carbocycles. The minimum atomic E-state index is -0.102. The average Bonchev–Trinajstić information content (AvgIpc) is 3.50. The Hall–Kier alpha value is -1.98.